The normalized spacial score (nSPS) is 19.9. The topological polar surface area (TPSA) is 38.0 Å². The molecule has 1 rings (SSSR count). The Morgan fingerprint density at radius 3 is 1.82 bits per heavy atom. The molecule has 0 saturated heterocycles. The lowest BCUT2D eigenvalue weighted by Gasteiger charge is -2.10. The first-order chi connectivity index (χ1) is 5.43. The van der Waals surface area contributed by atoms with Crippen LogP contribution in [0.3, 0.4) is 0 Å². The zero-order chi connectivity index (χ0) is 8.53. The summed E-state index contributed by atoms with van der Waals surface area (Å²) in [5, 5.41) is 3.34. The first-order valence-corrected chi connectivity index (χ1v) is 4.68. The van der Waals surface area contributed by atoms with Crippen LogP contribution in [0.15, 0.2) is 0 Å². The summed E-state index contributed by atoms with van der Waals surface area (Å²) in [4.78, 5) is 0. The number of nitrogens with two attached hydrogens (primary N) is 1. The van der Waals surface area contributed by atoms with Crippen LogP contribution < -0.4 is 11.1 Å². The predicted octanol–water partition coefficient (Wildman–Crippen LogP) is 1.50. The summed E-state index contributed by atoms with van der Waals surface area (Å²) in [5.41, 5.74) is 4.50. The molecule has 1 aliphatic rings. The Labute approximate surface area is 70.5 Å². The first kappa shape index (κ1) is 10.9. The molecule has 2 nitrogen and oxygen atoms in total. The number of hydrogen-bond donors (Lipinski definition) is 2. The van der Waals surface area contributed by atoms with E-state index in [1.54, 1.807) is 0 Å². The second kappa shape index (κ2) is 8.02. The molecule has 0 spiro atoms. The molecule has 2 heteroatoms. The maximum atomic E-state index is 4.50. The summed E-state index contributed by atoms with van der Waals surface area (Å²) in [6.45, 7) is 0. The van der Waals surface area contributed by atoms with E-state index in [4.69, 9.17) is 0 Å². The minimum absolute atomic E-state index is 0.826. The molecular weight excluding hydrogens is 136 g/mol. The fourth-order valence-electron chi connectivity index (χ4n) is 1.57. The third-order valence-electron chi connectivity index (χ3n) is 2.26. The molecule has 0 amide bonds. The Kier molecular flexibility index (Phi) is 7.96. The van der Waals surface area contributed by atoms with E-state index in [0.29, 0.717) is 0 Å². The van der Waals surface area contributed by atoms with Gasteiger partial charge in [-0.05, 0) is 26.9 Å². The molecule has 0 atom stereocenters. The van der Waals surface area contributed by atoms with Crippen LogP contribution in [-0.4, -0.2) is 20.1 Å². The van der Waals surface area contributed by atoms with Gasteiger partial charge in [0.2, 0.25) is 0 Å². The predicted molar refractivity (Wildman–Crippen MR) is 50.7 cm³/mol. The Morgan fingerprint density at radius 1 is 1.00 bits per heavy atom. The summed E-state index contributed by atoms with van der Waals surface area (Å²) < 4.78 is 0. The summed E-state index contributed by atoms with van der Waals surface area (Å²) in [6.07, 6.45) is 8.58. The second-order valence-electron chi connectivity index (χ2n) is 2.98. The Bertz CT molecular complexity index is 66.0. The molecule has 0 aromatic rings. The monoisotopic (exact) mass is 158 g/mol. The third kappa shape index (κ3) is 5.22. The van der Waals surface area contributed by atoms with Crippen molar-refractivity contribution in [3.8, 4) is 0 Å². The van der Waals surface area contributed by atoms with Crippen molar-refractivity contribution in [3.63, 3.8) is 0 Å². The van der Waals surface area contributed by atoms with Crippen LogP contribution in [0.5, 0.6) is 0 Å². The SMILES string of the molecule is CN.CNC1CCCCCC1. The standard InChI is InChI=1S/C8H17N.CH5N/c1-9-8-6-4-2-3-5-7-8;1-2/h8-9H,2-7H2,1H3;2H2,1H3. The van der Waals surface area contributed by atoms with Gasteiger partial charge in [0.25, 0.3) is 0 Å². The van der Waals surface area contributed by atoms with Gasteiger partial charge < -0.3 is 11.1 Å². The average molecular weight is 158 g/mol. The van der Waals surface area contributed by atoms with Crippen LogP contribution in [0.2, 0.25) is 0 Å². The van der Waals surface area contributed by atoms with Gasteiger partial charge in [-0.3, -0.25) is 0 Å². The highest BCUT2D eigenvalue weighted by molar-refractivity contribution is 4.67. The van der Waals surface area contributed by atoms with Crippen molar-refractivity contribution in [2.45, 2.75) is 44.6 Å². The zero-order valence-corrected chi connectivity index (χ0v) is 7.90. The number of hydrogen-bond acceptors (Lipinski definition) is 2. The Morgan fingerprint density at radius 2 is 1.45 bits per heavy atom. The summed E-state index contributed by atoms with van der Waals surface area (Å²) in [6, 6.07) is 0.826. The lowest BCUT2D eigenvalue weighted by atomic mass is 10.1. The van der Waals surface area contributed by atoms with E-state index in [1.165, 1.54) is 45.6 Å². The number of rotatable bonds is 1. The van der Waals surface area contributed by atoms with E-state index in [0.717, 1.165) is 6.04 Å². The molecule has 11 heavy (non-hydrogen) atoms. The molecule has 1 saturated carbocycles. The minimum Gasteiger partial charge on any atom is -0.333 e. The van der Waals surface area contributed by atoms with E-state index in [-0.39, 0.29) is 0 Å². The summed E-state index contributed by atoms with van der Waals surface area (Å²) in [7, 11) is 3.58. The van der Waals surface area contributed by atoms with E-state index >= 15 is 0 Å². The smallest absolute Gasteiger partial charge is 0.00640 e. The molecule has 0 aromatic heterocycles. The van der Waals surface area contributed by atoms with Crippen molar-refractivity contribution in [3.05, 3.63) is 0 Å². The molecule has 3 N–H and O–H groups in total. The first-order valence-electron chi connectivity index (χ1n) is 4.68. The van der Waals surface area contributed by atoms with Gasteiger partial charge in [0.05, 0.1) is 0 Å². The maximum Gasteiger partial charge on any atom is 0.00640 e. The van der Waals surface area contributed by atoms with Gasteiger partial charge in [-0.1, -0.05) is 25.7 Å². The lowest BCUT2D eigenvalue weighted by molar-refractivity contribution is 0.499. The molecule has 1 fully saturated rings. The quantitative estimate of drug-likeness (QED) is 0.568. The molecule has 0 bridgehead atoms. The summed E-state index contributed by atoms with van der Waals surface area (Å²) in [5.74, 6) is 0. The molecule has 1 aliphatic carbocycles. The van der Waals surface area contributed by atoms with Gasteiger partial charge in [0, 0.05) is 6.04 Å². The van der Waals surface area contributed by atoms with Crippen molar-refractivity contribution in [1.29, 1.82) is 0 Å². The van der Waals surface area contributed by atoms with Crippen LogP contribution >= 0.6 is 0 Å². The lowest BCUT2D eigenvalue weighted by Crippen LogP contribution is -2.23. The van der Waals surface area contributed by atoms with Crippen molar-refractivity contribution >= 4 is 0 Å². The van der Waals surface area contributed by atoms with Crippen LogP contribution in [0.1, 0.15) is 38.5 Å². The molecular formula is C9H22N2. The third-order valence-corrected chi connectivity index (χ3v) is 2.26. The van der Waals surface area contributed by atoms with Crippen LogP contribution in [-0.2, 0) is 0 Å². The van der Waals surface area contributed by atoms with Crippen LogP contribution in [0, 0.1) is 0 Å². The highest BCUT2D eigenvalue weighted by Gasteiger charge is 2.08. The van der Waals surface area contributed by atoms with Crippen molar-refractivity contribution in [1.82, 2.24) is 5.32 Å². The maximum absolute atomic E-state index is 4.50. The van der Waals surface area contributed by atoms with Gasteiger partial charge in [0.15, 0.2) is 0 Å². The fourth-order valence-corrected chi connectivity index (χ4v) is 1.57. The molecule has 0 heterocycles. The van der Waals surface area contributed by atoms with E-state index in [9.17, 15) is 0 Å². The Balaban J connectivity index is 0.000000461. The van der Waals surface area contributed by atoms with E-state index in [2.05, 4.69) is 18.1 Å². The highest BCUT2D eigenvalue weighted by atomic mass is 14.9. The van der Waals surface area contributed by atoms with Crippen LogP contribution in [0.4, 0.5) is 0 Å². The highest BCUT2D eigenvalue weighted by Crippen LogP contribution is 2.16. The van der Waals surface area contributed by atoms with Crippen molar-refractivity contribution < 1.29 is 0 Å². The Hall–Kier alpha value is -0.0800. The molecule has 0 aromatic carbocycles. The van der Waals surface area contributed by atoms with Gasteiger partial charge in [-0.15, -0.1) is 0 Å². The zero-order valence-electron chi connectivity index (χ0n) is 7.90. The average Bonchev–Trinajstić information content (AvgIpc) is 2.35. The molecule has 0 aliphatic heterocycles. The van der Waals surface area contributed by atoms with E-state index < -0.39 is 0 Å². The van der Waals surface area contributed by atoms with Gasteiger partial charge in [0.1, 0.15) is 0 Å². The van der Waals surface area contributed by atoms with Gasteiger partial charge in [-0.25, -0.2) is 0 Å². The molecule has 68 valence electrons. The van der Waals surface area contributed by atoms with Gasteiger partial charge in [-0.2, -0.15) is 0 Å². The minimum atomic E-state index is 0.826. The fraction of sp³-hybridized carbons (Fsp3) is 1.00. The summed E-state index contributed by atoms with van der Waals surface area (Å²) >= 11 is 0. The molecule has 0 unspecified atom stereocenters. The largest absolute Gasteiger partial charge is 0.333 e. The number of nitrogens with one attached hydrogen (secondary N) is 1. The van der Waals surface area contributed by atoms with E-state index in [1.807, 2.05) is 0 Å². The van der Waals surface area contributed by atoms with Gasteiger partial charge >= 0.3 is 0 Å². The van der Waals surface area contributed by atoms with Crippen LogP contribution in [0.25, 0.3) is 0 Å². The second-order valence-corrected chi connectivity index (χ2v) is 2.98. The van der Waals surface area contributed by atoms with Crippen molar-refractivity contribution in [2.75, 3.05) is 14.1 Å². The van der Waals surface area contributed by atoms with Crippen molar-refractivity contribution in [2.24, 2.45) is 5.73 Å². The molecule has 0 radical (unpaired) electrons.